The van der Waals surface area contributed by atoms with Crippen LogP contribution in [0.2, 0.25) is 0 Å². The normalized spacial score (nSPS) is 15.1. The number of rotatable bonds is 5. The van der Waals surface area contributed by atoms with Gasteiger partial charge in [0.2, 0.25) is 13.6 Å². The Morgan fingerprint density at radius 3 is 2.50 bits per heavy atom. The molecule has 0 fully saturated rings. The number of ether oxygens (including phenoxy) is 4. The Morgan fingerprint density at radius 2 is 1.71 bits per heavy atom. The van der Waals surface area contributed by atoms with E-state index in [2.05, 4.69) is 22.6 Å². The first-order chi connectivity index (χ1) is 13.6. The third-order valence-electron chi connectivity index (χ3n) is 4.29. The molecule has 4 rings (SSSR count). The second-order valence-corrected chi connectivity index (χ2v) is 7.08. The van der Waals surface area contributed by atoms with Crippen LogP contribution in [0, 0.1) is 3.57 Å². The van der Waals surface area contributed by atoms with Crippen LogP contribution in [0.5, 0.6) is 23.0 Å². The highest BCUT2D eigenvalue weighted by Crippen LogP contribution is 2.39. The maximum atomic E-state index is 11.9. The molecule has 2 aliphatic heterocycles. The summed E-state index contributed by atoms with van der Waals surface area (Å²) in [4.78, 5) is 11.9. The van der Waals surface area contributed by atoms with Crippen LogP contribution < -0.4 is 18.9 Å². The third-order valence-corrected chi connectivity index (χ3v) is 5.41. The summed E-state index contributed by atoms with van der Waals surface area (Å²) in [6.45, 7) is -0.151. The first kappa shape index (κ1) is 18.6. The molecule has 0 aliphatic carbocycles. The zero-order valence-corrected chi connectivity index (χ0v) is 16.6. The number of benzene rings is 2. The number of aliphatic hydroxyl groups excluding tert-OH is 1. The van der Waals surface area contributed by atoms with Crippen molar-refractivity contribution < 1.29 is 34.0 Å². The average molecular weight is 494 g/mol. The summed E-state index contributed by atoms with van der Waals surface area (Å²) < 4.78 is 22.1. The zero-order valence-electron chi connectivity index (χ0n) is 14.5. The molecular formula is C20H15IO7. The maximum Gasteiger partial charge on any atom is 0.336 e. The lowest BCUT2D eigenvalue weighted by Gasteiger charge is -2.09. The summed E-state index contributed by atoms with van der Waals surface area (Å²) in [7, 11) is 0. The highest BCUT2D eigenvalue weighted by Gasteiger charge is 2.21. The van der Waals surface area contributed by atoms with Crippen molar-refractivity contribution in [1.29, 1.82) is 0 Å². The molecule has 144 valence electrons. The minimum atomic E-state index is -1.14. The van der Waals surface area contributed by atoms with Gasteiger partial charge in [0.05, 0.1) is 15.8 Å². The number of carbonyl (C=O) groups is 1. The van der Waals surface area contributed by atoms with E-state index in [1.165, 1.54) is 6.08 Å². The van der Waals surface area contributed by atoms with Crippen LogP contribution in [0.25, 0.3) is 12.2 Å². The highest BCUT2D eigenvalue weighted by atomic mass is 127. The van der Waals surface area contributed by atoms with Crippen LogP contribution >= 0.6 is 22.6 Å². The number of carboxylic acid groups (broad SMARTS) is 1. The van der Waals surface area contributed by atoms with Gasteiger partial charge in [-0.15, -0.1) is 0 Å². The number of carboxylic acids is 1. The van der Waals surface area contributed by atoms with E-state index in [0.29, 0.717) is 34.1 Å². The molecule has 0 atom stereocenters. The second kappa shape index (κ2) is 7.72. The topological polar surface area (TPSA) is 94.5 Å². The van der Waals surface area contributed by atoms with Crippen LogP contribution in [-0.4, -0.2) is 36.4 Å². The minimum absolute atomic E-state index is 0.0167. The summed E-state index contributed by atoms with van der Waals surface area (Å²) in [5, 5.41) is 19.6. The summed E-state index contributed by atoms with van der Waals surface area (Å²) >= 11 is 2.09. The number of aliphatic hydroxyl groups is 1. The molecule has 0 amide bonds. The molecule has 2 aliphatic rings. The molecule has 0 radical (unpaired) electrons. The van der Waals surface area contributed by atoms with E-state index in [0.717, 1.165) is 3.57 Å². The van der Waals surface area contributed by atoms with E-state index in [1.54, 1.807) is 36.4 Å². The lowest BCUT2D eigenvalue weighted by molar-refractivity contribution is -0.132. The van der Waals surface area contributed by atoms with Crippen molar-refractivity contribution in [2.75, 3.05) is 20.2 Å². The smallest absolute Gasteiger partial charge is 0.336 e. The standard InChI is InChI=1S/C20H15IO7/c21-18-12(2-4-16-19(18)28-10-26-16)7-14(20(23)24)13(8-22)5-11-1-3-15-17(6-11)27-9-25-15/h1-7,22H,8-10H2,(H,23,24). The van der Waals surface area contributed by atoms with Crippen molar-refractivity contribution in [3.63, 3.8) is 0 Å². The first-order valence-corrected chi connectivity index (χ1v) is 9.39. The Kier molecular flexibility index (Phi) is 5.14. The van der Waals surface area contributed by atoms with Gasteiger partial charge in [-0.05, 0) is 75.7 Å². The van der Waals surface area contributed by atoms with Crippen molar-refractivity contribution in [1.82, 2.24) is 0 Å². The molecule has 0 unspecified atom stereocenters. The van der Waals surface area contributed by atoms with Gasteiger partial charge in [0.1, 0.15) is 0 Å². The van der Waals surface area contributed by atoms with Gasteiger partial charge in [-0.25, -0.2) is 4.79 Å². The Labute approximate surface area is 173 Å². The van der Waals surface area contributed by atoms with Crippen molar-refractivity contribution in [2.45, 2.75) is 0 Å². The molecule has 2 N–H and O–H groups in total. The van der Waals surface area contributed by atoms with Crippen molar-refractivity contribution in [3.05, 3.63) is 56.2 Å². The van der Waals surface area contributed by atoms with Crippen molar-refractivity contribution in [2.24, 2.45) is 0 Å². The van der Waals surface area contributed by atoms with Gasteiger partial charge in [-0.3, -0.25) is 0 Å². The van der Waals surface area contributed by atoms with Gasteiger partial charge in [-0.2, -0.15) is 0 Å². The number of hydrogen-bond donors (Lipinski definition) is 2. The molecule has 0 aromatic heterocycles. The fourth-order valence-electron chi connectivity index (χ4n) is 2.93. The van der Waals surface area contributed by atoms with E-state index in [1.807, 2.05) is 0 Å². The monoisotopic (exact) mass is 494 g/mol. The largest absolute Gasteiger partial charge is 0.478 e. The summed E-state index contributed by atoms with van der Waals surface area (Å²) in [6.07, 6.45) is 3.13. The zero-order chi connectivity index (χ0) is 19.7. The van der Waals surface area contributed by atoms with Gasteiger partial charge in [0.25, 0.3) is 0 Å². The van der Waals surface area contributed by atoms with Crippen LogP contribution in [0.1, 0.15) is 11.1 Å². The quantitative estimate of drug-likeness (QED) is 0.375. The van der Waals surface area contributed by atoms with Gasteiger partial charge >= 0.3 is 5.97 Å². The highest BCUT2D eigenvalue weighted by molar-refractivity contribution is 14.1. The van der Waals surface area contributed by atoms with Gasteiger partial charge in [0.15, 0.2) is 23.0 Å². The van der Waals surface area contributed by atoms with Crippen LogP contribution in [0.15, 0.2) is 41.5 Å². The molecule has 0 spiro atoms. The average Bonchev–Trinajstić information content (AvgIpc) is 3.34. The number of halogens is 1. The van der Waals surface area contributed by atoms with Crippen molar-refractivity contribution >= 4 is 40.7 Å². The summed E-state index contributed by atoms with van der Waals surface area (Å²) in [6, 6.07) is 8.74. The fraction of sp³-hybridized carbons (Fsp3) is 0.150. The molecule has 28 heavy (non-hydrogen) atoms. The SMILES string of the molecule is O=C(O)C(=Cc1ccc2c(c1I)OCO2)C(=Cc1ccc2c(c1)OCO2)CO. The number of hydrogen-bond acceptors (Lipinski definition) is 6. The van der Waals surface area contributed by atoms with E-state index in [9.17, 15) is 15.0 Å². The maximum absolute atomic E-state index is 11.9. The molecule has 2 aromatic carbocycles. The van der Waals surface area contributed by atoms with Crippen LogP contribution in [-0.2, 0) is 4.79 Å². The Balaban J connectivity index is 1.74. The van der Waals surface area contributed by atoms with E-state index >= 15 is 0 Å². The van der Waals surface area contributed by atoms with Crippen molar-refractivity contribution in [3.8, 4) is 23.0 Å². The predicted molar refractivity (Wildman–Crippen MR) is 109 cm³/mol. The molecule has 0 saturated carbocycles. The minimum Gasteiger partial charge on any atom is -0.478 e. The lowest BCUT2D eigenvalue weighted by Crippen LogP contribution is -2.07. The second-order valence-electron chi connectivity index (χ2n) is 6.01. The Morgan fingerprint density at radius 1 is 1.00 bits per heavy atom. The predicted octanol–water partition coefficient (Wildman–Crippen LogP) is 3.29. The third kappa shape index (κ3) is 3.52. The lowest BCUT2D eigenvalue weighted by atomic mass is 10.0. The molecule has 2 aromatic rings. The van der Waals surface area contributed by atoms with Gasteiger partial charge < -0.3 is 29.2 Å². The van der Waals surface area contributed by atoms with Crippen LogP contribution in [0.3, 0.4) is 0 Å². The molecular weight excluding hydrogens is 479 g/mol. The number of aliphatic carboxylic acids is 1. The van der Waals surface area contributed by atoms with Gasteiger partial charge in [-0.1, -0.05) is 6.07 Å². The molecule has 8 heteroatoms. The molecule has 0 saturated heterocycles. The molecule has 0 bridgehead atoms. The Bertz CT molecular complexity index is 1010. The Hall–Kier alpha value is -2.72. The fourth-order valence-corrected chi connectivity index (χ4v) is 3.68. The molecule has 2 heterocycles. The van der Waals surface area contributed by atoms with E-state index in [4.69, 9.17) is 18.9 Å². The summed E-state index contributed by atoms with van der Waals surface area (Å²) in [5.74, 6) is 1.28. The van der Waals surface area contributed by atoms with Crippen LogP contribution in [0.4, 0.5) is 0 Å². The molecule has 7 nitrogen and oxygen atoms in total. The summed E-state index contributed by atoms with van der Waals surface area (Å²) in [5.41, 5.74) is 1.60. The number of fused-ring (bicyclic) bond motifs is 2. The van der Waals surface area contributed by atoms with E-state index < -0.39 is 12.6 Å². The first-order valence-electron chi connectivity index (χ1n) is 8.31. The van der Waals surface area contributed by atoms with Gasteiger partial charge in [0, 0.05) is 0 Å². The van der Waals surface area contributed by atoms with E-state index in [-0.39, 0.29) is 24.7 Å².